The lowest BCUT2D eigenvalue weighted by molar-refractivity contribution is 0.0895. The van der Waals surface area contributed by atoms with Gasteiger partial charge in [0.15, 0.2) is 0 Å². The van der Waals surface area contributed by atoms with Crippen LogP contribution in [0, 0.1) is 0 Å². The van der Waals surface area contributed by atoms with Gasteiger partial charge in [0, 0.05) is 30.4 Å². The molecule has 23 heavy (non-hydrogen) atoms. The van der Waals surface area contributed by atoms with Crippen LogP contribution in [0.2, 0.25) is 10.0 Å². The van der Waals surface area contributed by atoms with Crippen LogP contribution in [-0.2, 0) is 5.41 Å². The molecule has 1 saturated heterocycles. The lowest BCUT2D eigenvalue weighted by atomic mass is 9.72. The lowest BCUT2D eigenvalue weighted by Gasteiger charge is -2.46. The fourth-order valence-electron chi connectivity index (χ4n) is 2.85. The molecule has 2 heterocycles. The predicted molar refractivity (Wildman–Crippen MR) is 92.2 cm³/mol. The minimum absolute atomic E-state index is 0.0853. The van der Waals surface area contributed by atoms with Crippen LogP contribution in [0.4, 0.5) is 0 Å². The largest absolute Gasteiger partial charge is 0.348 e. The van der Waals surface area contributed by atoms with Crippen LogP contribution in [0.1, 0.15) is 23.0 Å². The van der Waals surface area contributed by atoms with Gasteiger partial charge in [-0.15, -0.1) is 0 Å². The van der Waals surface area contributed by atoms with Gasteiger partial charge in [0.25, 0.3) is 5.91 Å². The zero-order valence-electron chi connectivity index (χ0n) is 12.6. The summed E-state index contributed by atoms with van der Waals surface area (Å²) < 4.78 is 0. The molecule has 0 unspecified atom stereocenters. The van der Waals surface area contributed by atoms with Crippen molar-refractivity contribution in [3.05, 3.63) is 63.9 Å². The number of amides is 1. The highest BCUT2D eigenvalue weighted by atomic mass is 35.5. The summed E-state index contributed by atoms with van der Waals surface area (Å²) in [5.41, 5.74) is 1.20. The van der Waals surface area contributed by atoms with Gasteiger partial charge in [-0.05, 0) is 37.3 Å². The average molecular weight is 350 g/mol. The highest BCUT2D eigenvalue weighted by Gasteiger charge is 2.45. The summed E-state index contributed by atoms with van der Waals surface area (Å²) in [5.74, 6) is -0.207. The van der Waals surface area contributed by atoms with E-state index in [1.54, 1.807) is 24.4 Å². The SMILES string of the molecule is C[C@H](NC(=O)c1ccc(Cl)cc1Cl)C1(c2ccccn2)CNC1. The third-order valence-corrected chi connectivity index (χ3v) is 4.96. The Bertz CT molecular complexity index is 717. The van der Waals surface area contributed by atoms with Crippen LogP contribution in [-0.4, -0.2) is 30.0 Å². The zero-order chi connectivity index (χ0) is 16.4. The van der Waals surface area contributed by atoms with E-state index in [9.17, 15) is 4.79 Å². The number of halogens is 2. The minimum Gasteiger partial charge on any atom is -0.348 e. The lowest BCUT2D eigenvalue weighted by Crippen LogP contribution is -2.66. The molecule has 1 aliphatic rings. The molecule has 1 aliphatic heterocycles. The van der Waals surface area contributed by atoms with Gasteiger partial charge in [-0.2, -0.15) is 0 Å². The van der Waals surface area contributed by atoms with Gasteiger partial charge in [0.05, 0.1) is 21.7 Å². The Morgan fingerprint density at radius 1 is 1.30 bits per heavy atom. The molecule has 0 bridgehead atoms. The zero-order valence-corrected chi connectivity index (χ0v) is 14.2. The number of rotatable bonds is 4. The van der Waals surface area contributed by atoms with E-state index in [1.165, 1.54) is 0 Å². The van der Waals surface area contributed by atoms with Crippen LogP contribution >= 0.6 is 23.2 Å². The highest BCUT2D eigenvalue weighted by molar-refractivity contribution is 6.36. The molecule has 1 aromatic heterocycles. The van der Waals surface area contributed by atoms with Crippen molar-refractivity contribution in [1.29, 1.82) is 0 Å². The molecule has 1 aromatic carbocycles. The maximum Gasteiger partial charge on any atom is 0.253 e. The Hall–Kier alpha value is -1.62. The van der Waals surface area contributed by atoms with Crippen molar-refractivity contribution in [2.24, 2.45) is 0 Å². The van der Waals surface area contributed by atoms with E-state index in [2.05, 4.69) is 15.6 Å². The maximum atomic E-state index is 12.5. The molecule has 120 valence electrons. The summed E-state index contributed by atoms with van der Waals surface area (Å²) in [5, 5.41) is 7.18. The molecule has 0 spiro atoms. The first kappa shape index (κ1) is 16.2. The Morgan fingerprint density at radius 3 is 2.65 bits per heavy atom. The summed E-state index contributed by atoms with van der Waals surface area (Å²) >= 11 is 12.0. The number of aromatic nitrogens is 1. The van der Waals surface area contributed by atoms with Crippen molar-refractivity contribution in [3.8, 4) is 0 Å². The number of carbonyl (C=O) groups is 1. The van der Waals surface area contributed by atoms with Crippen LogP contribution in [0.3, 0.4) is 0 Å². The first-order chi connectivity index (χ1) is 11.0. The predicted octanol–water partition coefficient (Wildman–Crippen LogP) is 3.05. The van der Waals surface area contributed by atoms with Crippen molar-refractivity contribution in [1.82, 2.24) is 15.6 Å². The highest BCUT2D eigenvalue weighted by Crippen LogP contribution is 2.31. The topological polar surface area (TPSA) is 54.0 Å². The number of hydrogen-bond donors (Lipinski definition) is 2. The Balaban J connectivity index is 1.80. The van der Waals surface area contributed by atoms with Gasteiger partial charge in [-0.25, -0.2) is 0 Å². The Kier molecular flexibility index (Phi) is 4.57. The minimum atomic E-state index is -0.207. The first-order valence-corrected chi connectivity index (χ1v) is 8.17. The fourth-order valence-corrected chi connectivity index (χ4v) is 3.34. The second-order valence-corrected chi connectivity index (χ2v) is 6.64. The second kappa shape index (κ2) is 6.48. The number of pyridine rings is 1. The summed E-state index contributed by atoms with van der Waals surface area (Å²) in [7, 11) is 0. The van der Waals surface area contributed by atoms with E-state index < -0.39 is 0 Å². The van der Waals surface area contributed by atoms with Crippen molar-refractivity contribution in [2.45, 2.75) is 18.4 Å². The molecular weight excluding hydrogens is 333 g/mol. The molecule has 1 atom stereocenters. The molecule has 2 aromatic rings. The fraction of sp³-hybridized carbons (Fsp3) is 0.294. The van der Waals surface area contributed by atoms with E-state index in [1.807, 2.05) is 25.1 Å². The molecule has 6 heteroatoms. The second-order valence-electron chi connectivity index (χ2n) is 5.79. The molecular formula is C17H17Cl2N3O. The van der Waals surface area contributed by atoms with Crippen molar-refractivity contribution < 1.29 is 4.79 Å². The number of nitrogens with zero attached hydrogens (tertiary/aromatic N) is 1. The summed E-state index contributed by atoms with van der Waals surface area (Å²) in [6.07, 6.45) is 1.78. The molecule has 0 saturated carbocycles. The summed E-state index contributed by atoms with van der Waals surface area (Å²) in [6.45, 7) is 3.55. The van der Waals surface area contributed by atoms with Gasteiger partial charge in [0.2, 0.25) is 0 Å². The van der Waals surface area contributed by atoms with Crippen LogP contribution in [0.25, 0.3) is 0 Å². The number of benzene rings is 1. The van der Waals surface area contributed by atoms with Crippen molar-refractivity contribution in [3.63, 3.8) is 0 Å². The molecule has 2 N–H and O–H groups in total. The normalized spacial score (nSPS) is 17.2. The van der Waals surface area contributed by atoms with Gasteiger partial charge in [-0.1, -0.05) is 29.3 Å². The van der Waals surface area contributed by atoms with Gasteiger partial charge >= 0.3 is 0 Å². The van der Waals surface area contributed by atoms with Crippen molar-refractivity contribution >= 4 is 29.1 Å². The van der Waals surface area contributed by atoms with Gasteiger partial charge < -0.3 is 10.6 Å². The van der Waals surface area contributed by atoms with Crippen molar-refractivity contribution in [2.75, 3.05) is 13.1 Å². The van der Waals surface area contributed by atoms with Crippen LogP contribution in [0.15, 0.2) is 42.6 Å². The standard InChI is InChI=1S/C17H17Cl2N3O/c1-11(17(9-20-10-17)15-4-2-3-7-21-15)22-16(23)13-6-5-12(18)8-14(13)19/h2-8,11,20H,9-10H2,1H3,(H,22,23)/t11-/m0/s1. The maximum absolute atomic E-state index is 12.5. The molecule has 0 aliphatic carbocycles. The van der Waals surface area contributed by atoms with E-state index in [-0.39, 0.29) is 17.4 Å². The van der Waals surface area contributed by atoms with Gasteiger partial charge in [-0.3, -0.25) is 9.78 Å². The van der Waals surface area contributed by atoms with Crippen LogP contribution < -0.4 is 10.6 Å². The van der Waals surface area contributed by atoms with E-state index in [4.69, 9.17) is 23.2 Å². The molecule has 1 amide bonds. The van der Waals surface area contributed by atoms with Crippen LogP contribution in [0.5, 0.6) is 0 Å². The number of hydrogen-bond acceptors (Lipinski definition) is 3. The Morgan fingerprint density at radius 2 is 2.09 bits per heavy atom. The molecule has 1 fully saturated rings. The average Bonchev–Trinajstić information content (AvgIpc) is 2.47. The molecule has 0 radical (unpaired) electrons. The third kappa shape index (κ3) is 3.07. The molecule has 3 rings (SSSR count). The number of carbonyl (C=O) groups excluding carboxylic acids is 1. The van der Waals surface area contributed by atoms with Gasteiger partial charge in [0.1, 0.15) is 0 Å². The summed E-state index contributed by atoms with van der Waals surface area (Å²) in [6, 6.07) is 10.6. The first-order valence-electron chi connectivity index (χ1n) is 7.41. The monoisotopic (exact) mass is 349 g/mol. The smallest absolute Gasteiger partial charge is 0.253 e. The van der Waals surface area contributed by atoms with E-state index in [0.717, 1.165) is 18.8 Å². The van der Waals surface area contributed by atoms with E-state index in [0.29, 0.717) is 15.6 Å². The summed E-state index contributed by atoms with van der Waals surface area (Å²) in [4.78, 5) is 17.0. The molecule has 4 nitrogen and oxygen atoms in total. The number of nitrogens with one attached hydrogen (secondary N) is 2. The third-order valence-electron chi connectivity index (χ3n) is 4.41. The Labute approximate surface area is 145 Å². The quantitative estimate of drug-likeness (QED) is 0.891. The van der Waals surface area contributed by atoms with E-state index >= 15 is 0 Å².